The zero-order valence-corrected chi connectivity index (χ0v) is 8.13. The van der Waals surface area contributed by atoms with Crippen molar-refractivity contribution in [3.8, 4) is 0 Å². The molecule has 0 radical (unpaired) electrons. The Kier molecular flexibility index (Phi) is 4.64. The van der Waals surface area contributed by atoms with E-state index in [1.807, 2.05) is 0 Å². The molecule has 0 saturated heterocycles. The van der Waals surface area contributed by atoms with Gasteiger partial charge in [0, 0.05) is 5.57 Å². The molecule has 0 aromatic carbocycles. The molecule has 0 bridgehead atoms. The van der Waals surface area contributed by atoms with Gasteiger partial charge in [0.15, 0.2) is 0 Å². The number of hydrogen-bond acceptors (Lipinski definition) is 1. The highest BCUT2D eigenvalue weighted by molar-refractivity contribution is 5.85. The molecule has 0 aliphatic heterocycles. The van der Waals surface area contributed by atoms with Gasteiger partial charge in [-0.05, 0) is 18.3 Å². The van der Waals surface area contributed by atoms with Crippen molar-refractivity contribution in [2.75, 3.05) is 0 Å². The van der Waals surface area contributed by atoms with Crippen LogP contribution >= 0.6 is 0 Å². The summed E-state index contributed by atoms with van der Waals surface area (Å²) in [6, 6.07) is 0. The van der Waals surface area contributed by atoms with E-state index in [-0.39, 0.29) is 0 Å². The van der Waals surface area contributed by atoms with Crippen molar-refractivity contribution in [2.24, 2.45) is 11.8 Å². The molecule has 0 fully saturated rings. The number of hydrogen-bond donors (Lipinski definition) is 1. The first-order chi connectivity index (χ1) is 5.49. The third-order valence-electron chi connectivity index (χ3n) is 2.49. The molecule has 0 amide bonds. The minimum absolute atomic E-state index is 0.322. The maximum absolute atomic E-state index is 10.4. The lowest BCUT2D eigenvalue weighted by molar-refractivity contribution is -0.132. The maximum atomic E-state index is 10.4. The van der Waals surface area contributed by atoms with Gasteiger partial charge in [0.1, 0.15) is 0 Å². The molecular formula is C10H18O2. The molecule has 0 aliphatic rings. The van der Waals surface area contributed by atoms with E-state index in [9.17, 15) is 4.79 Å². The van der Waals surface area contributed by atoms with Crippen LogP contribution in [0.25, 0.3) is 0 Å². The van der Waals surface area contributed by atoms with E-state index in [1.165, 1.54) is 0 Å². The second-order valence-electron chi connectivity index (χ2n) is 3.48. The van der Waals surface area contributed by atoms with Crippen LogP contribution in [0.5, 0.6) is 0 Å². The van der Waals surface area contributed by atoms with Gasteiger partial charge in [-0.1, -0.05) is 33.8 Å². The fraction of sp³-hybridized carbons (Fsp3) is 0.700. The van der Waals surface area contributed by atoms with E-state index in [0.717, 1.165) is 6.42 Å². The quantitative estimate of drug-likeness (QED) is 0.644. The van der Waals surface area contributed by atoms with Crippen LogP contribution in [0.15, 0.2) is 12.2 Å². The summed E-state index contributed by atoms with van der Waals surface area (Å²) in [6.07, 6.45) is 1.69. The molecule has 0 rings (SSSR count). The average Bonchev–Trinajstić information content (AvgIpc) is 2.02. The van der Waals surface area contributed by atoms with Crippen LogP contribution in [0.3, 0.4) is 0 Å². The molecule has 0 spiro atoms. The lowest BCUT2D eigenvalue weighted by Crippen LogP contribution is -2.11. The van der Waals surface area contributed by atoms with Crippen LogP contribution in [-0.2, 0) is 4.79 Å². The average molecular weight is 170 g/mol. The fourth-order valence-electron chi connectivity index (χ4n) is 1.08. The molecule has 0 saturated carbocycles. The summed E-state index contributed by atoms with van der Waals surface area (Å²) in [5.74, 6) is 0.116. The first-order valence-electron chi connectivity index (χ1n) is 4.40. The zero-order valence-electron chi connectivity index (χ0n) is 8.13. The van der Waals surface area contributed by atoms with E-state index >= 15 is 0 Å². The van der Waals surface area contributed by atoms with Gasteiger partial charge in [0.2, 0.25) is 0 Å². The third-order valence-corrected chi connectivity index (χ3v) is 2.49. The Hall–Kier alpha value is -0.790. The Morgan fingerprint density at radius 2 is 1.92 bits per heavy atom. The standard InChI is InChI=1S/C10H18O2/c1-5-7(2)8(3)6-9(4)10(11)12/h7-8H,4-6H2,1-3H3,(H,11,12). The topological polar surface area (TPSA) is 37.3 Å². The van der Waals surface area contributed by atoms with Gasteiger partial charge in [-0.15, -0.1) is 0 Å². The molecule has 2 atom stereocenters. The Bertz CT molecular complexity index is 173. The van der Waals surface area contributed by atoms with E-state index in [4.69, 9.17) is 5.11 Å². The summed E-state index contributed by atoms with van der Waals surface area (Å²) in [6.45, 7) is 9.84. The minimum Gasteiger partial charge on any atom is -0.478 e. The van der Waals surface area contributed by atoms with Crippen LogP contribution in [0.4, 0.5) is 0 Å². The van der Waals surface area contributed by atoms with Crippen LogP contribution < -0.4 is 0 Å². The molecular weight excluding hydrogens is 152 g/mol. The van der Waals surface area contributed by atoms with Crippen molar-refractivity contribution in [2.45, 2.75) is 33.6 Å². The van der Waals surface area contributed by atoms with Gasteiger partial charge < -0.3 is 5.11 Å². The van der Waals surface area contributed by atoms with Crippen molar-refractivity contribution in [3.05, 3.63) is 12.2 Å². The molecule has 12 heavy (non-hydrogen) atoms. The number of carboxylic acids is 1. The number of carboxylic acid groups (broad SMARTS) is 1. The summed E-state index contributed by atoms with van der Waals surface area (Å²) in [5, 5.41) is 8.59. The van der Waals surface area contributed by atoms with Gasteiger partial charge in [-0.25, -0.2) is 4.79 Å². The molecule has 2 heteroatoms. The second kappa shape index (κ2) is 4.96. The largest absolute Gasteiger partial charge is 0.478 e. The van der Waals surface area contributed by atoms with Gasteiger partial charge in [-0.2, -0.15) is 0 Å². The maximum Gasteiger partial charge on any atom is 0.330 e. The Morgan fingerprint density at radius 1 is 1.42 bits per heavy atom. The Balaban J connectivity index is 3.92. The first-order valence-corrected chi connectivity index (χ1v) is 4.40. The molecule has 0 aromatic rings. The Morgan fingerprint density at radius 3 is 2.25 bits per heavy atom. The zero-order chi connectivity index (χ0) is 9.72. The lowest BCUT2D eigenvalue weighted by Gasteiger charge is -2.17. The molecule has 0 heterocycles. The van der Waals surface area contributed by atoms with E-state index in [1.54, 1.807) is 0 Å². The van der Waals surface area contributed by atoms with Crippen LogP contribution in [0.1, 0.15) is 33.6 Å². The first kappa shape index (κ1) is 11.2. The monoisotopic (exact) mass is 170 g/mol. The van der Waals surface area contributed by atoms with Crippen molar-refractivity contribution in [1.82, 2.24) is 0 Å². The summed E-state index contributed by atoms with van der Waals surface area (Å²) in [5.41, 5.74) is 0.322. The molecule has 2 unspecified atom stereocenters. The summed E-state index contributed by atoms with van der Waals surface area (Å²) < 4.78 is 0. The summed E-state index contributed by atoms with van der Waals surface area (Å²) >= 11 is 0. The second-order valence-corrected chi connectivity index (χ2v) is 3.48. The third kappa shape index (κ3) is 3.56. The number of carbonyl (C=O) groups is 1. The van der Waals surface area contributed by atoms with Crippen molar-refractivity contribution < 1.29 is 9.90 Å². The molecule has 2 nitrogen and oxygen atoms in total. The molecule has 1 N–H and O–H groups in total. The summed E-state index contributed by atoms with van der Waals surface area (Å²) in [7, 11) is 0. The van der Waals surface area contributed by atoms with Crippen molar-refractivity contribution in [3.63, 3.8) is 0 Å². The van der Waals surface area contributed by atoms with Crippen molar-refractivity contribution >= 4 is 5.97 Å². The highest BCUT2D eigenvalue weighted by atomic mass is 16.4. The lowest BCUT2D eigenvalue weighted by atomic mass is 9.88. The molecule has 70 valence electrons. The van der Waals surface area contributed by atoms with Crippen LogP contribution in [0, 0.1) is 11.8 Å². The van der Waals surface area contributed by atoms with E-state index in [0.29, 0.717) is 23.8 Å². The fourth-order valence-corrected chi connectivity index (χ4v) is 1.08. The minimum atomic E-state index is -0.870. The predicted octanol–water partition coefficient (Wildman–Crippen LogP) is 2.70. The van der Waals surface area contributed by atoms with Crippen LogP contribution in [0.2, 0.25) is 0 Å². The Labute approximate surface area is 74.3 Å². The van der Waals surface area contributed by atoms with Gasteiger partial charge in [-0.3, -0.25) is 0 Å². The number of aliphatic carboxylic acids is 1. The predicted molar refractivity (Wildman–Crippen MR) is 50.0 cm³/mol. The van der Waals surface area contributed by atoms with Gasteiger partial charge in [0.25, 0.3) is 0 Å². The van der Waals surface area contributed by atoms with E-state index < -0.39 is 5.97 Å². The van der Waals surface area contributed by atoms with E-state index in [2.05, 4.69) is 27.4 Å². The van der Waals surface area contributed by atoms with Gasteiger partial charge >= 0.3 is 5.97 Å². The molecule has 0 aliphatic carbocycles. The van der Waals surface area contributed by atoms with Crippen LogP contribution in [-0.4, -0.2) is 11.1 Å². The van der Waals surface area contributed by atoms with Crippen molar-refractivity contribution in [1.29, 1.82) is 0 Å². The molecule has 0 aromatic heterocycles. The highest BCUT2D eigenvalue weighted by Crippen LogP contribution is 2.21. The number of rotatable bonds is 5. The summed E-state index contributed by atoms with van der Waals surface area (Å²) in [4.78, 5) is 10.4. The SMILES string of the molecule is C=C(CC(C)C(C)CC)C(=O)O. The van der Waals surface area contributed by atoms with Gasteiger partial charge in [0.05, 0.1) is 0 Å². The normalized spacial score (nSPS) is 15.2. The smallest absolute Gasteiger partial charge is 0.330 e. The highest BCUT2D eigenvalue weighted by Gasteiger charge is 2.14.